The van der Waals surface area contributed by atoms with Gasteiger partial charge in [0, 0.05) is 38.2 Å². The Labute approximate surface area is 198 Å². The molecule has 0 saturated carbocycles. The molecule has 2 aromatic rings. The first-order chi connectivity index (χ1) is 16.1. The van der Waals surface area contributed by atoms with Crippen molar-refractivity contribution in [2.24, 2.45) is 5.92 Å². The number of nitrogens with zero attached hydrogens (tertiary/aromatic N) is 2. The Bertz CT molecular complexity index is 921. The zero-order valence-corrected chi connectivity index (χ0v) is 20.2. The molecule has 1 fully saturated rings. The molecule has 5 nitrogen and oxygen atoms in total. The summed E-state index contributed by atoms with van der Waals surface area (Å²) in [6.45, 7) is 11.0. The van der Waals surface area contributed by atoms with Crippen LogP contribution in [0.2, 0.25) is 0 Å². The molecule has 1 amide bonds. The van der Waals surface area contributed by atoms with Crippen LogP contribution in [0, 0.1) is 5.92 Å². The Hall–Kier alpha value is -2.37. The molecule has 2 aromatic carbocycles. The first-order valence-corrected chi connectivity index (χ1v) is 12.5. The molecule has 2 heterocycles. The molecule has 2 bridgehead atoms. The molecule has 178 valence electrons. The largest absolute Gasteiger partial charge is 0.491 e. The van der Waals surface area contributed by atoms with Crippen molar-refractivity contribution in [3.8, 4) is 5.75 Å². The van der Waals surface area contributed by atoms with Crippen LogP contribution in [0.5, 0.6) is 5.75 Å². The number of carbonyl (C=O) groups excluding carboxylic acids is 1. The maximum absolute atomic E-state index is 13.0. The molecule has 0 aromatic heterocycles. The van der Waals surface area contributed by atoms with E-state index in [1.54, 1.807) is 0 Å². The van der Waals surface area contributed by atoms with Crippen LogP contribution in [0.25, 0.3) is 0 Å². The molecule has 0 aliphatic carbocycles. The van der Waals surface area contributed by atoms with Crippen molar-refractivity contribution in [3.05, 3.63) is 64.7 Å². The molecule has 0 radical (unpaired) electrons. The number of amides is 1. The Kier molecular flexibility index (Phi) is 8.40. The molecule has 5 heteroatoms. The quantitative estimate of drug-likeness (QED) is 0.673. The molecule has 1 saturated heterocycles. The van der Waals surface area contributed by atoms with Gasteiger partial charge in [-0.05, 0) is 66.6 Å². The lowest BCUT2D eigenvalue weighted by Gasteiger charge is -2.24. The van der Waals surface area contributed by atoms with Gasteiger partial charge in [-0.3, -0.25) is 9.69 Å². The van der Waals surface area contributed by atoms with Crippen molar-refractivity contribution >= 4 is 5.91 Å². The van der Waals surface area contributed by atoms with Gasteiger partial charge in [0.15, 0.2) is 0 Å². The number of hydrogen-bond donors (Lipinski definition) is 0. The summed E-state index contributed by atoms with van der Waals surface area (Å²) in [6, 6.07) is 14.7. The molecule has 0 N–H and O–H groups in total. The van der Waals surface area contributed by atoms with Crippen molar-refractivity contribution in [2.45, 2.75) is 46.1 Å². The summed E-state index contributed by atoms with van der Waals surface area (Å²) >= 11 is 0. The topological polar surface area (TPSA) is 42.0 Å². The van der Waals surface area contributed by atoms with Gasteiger partial charge in [-0.1, -0.05) is 38.1 Å². The first kappa shape index (κ1) is 23.8. The van der Waals surface area contributed by atoms with Gasteiger partial charge in [0.25, 0.3) is 5.91 Å². The number of carbonyl (C=O) groups is 1. The third-order valence-electron chi connectivity index (χ3n) is 6.55. The SMILES string of the molecule is CC(C)CCN1CCOCCOc2ccc(C(=O)N3CCCC3)cc2Cc2cccc(c2)C1. The Morgan fingerprint density at radius 3 is 2.61 bits per heavy atom. The van der Waals surface area contributed by atoms with Crippen LogP contribution in [0.4, 0.5) is 0 Å². The molecule has 33 heavy (non-hydrogen) atoms. The number of likely N-dealkylation sites (tertiary alicyclic amines) is 1. The van der Waals surface area contributed by atoms with Gasteiger partial charge in [-0.2, -0.15) is 0 Å². The summed E-state index contributed by atoms with van der Waals surface area (Å²) in [7, 11) is 0. The molecule has 4 rings (SSSR count). The molecular weight excluding hydrogens is 412 g/mol. The van der Waals surface area contributed by atoms with Crippen molar-refractivity contribution in [1.82, 2.24) is 9.80 Å². The fourth-order valence-corrected chi connectivity index (χ4v) is 4.63. The Morgan fingerprint density at radius 1 is 0.970 bits per heavy atom. The highest BCUT2D eigenvalue weighted by Gasteiger charge is 2.21. The average Bonchev–Trinajstić information content (AvgIpc) is 3.34. The first-order valence-electron chi connectivity index (χ1n) is 12.5. The van der Waals surface area contributed by atoms with E-state index >= 15 is 0 Å². The van der Waals surface area contributed by atoms with E-state index in [0.717, 1.165) is 68.9 Å². The van der Waals surface area contributed by atoms with Crippen molar-refractivity contribution < 1.29 is 14.3 Å². The van der Waals surface area contributed by atoms with E-state index in [1.807, 2.05) is 23.1 Å². The Balaban J connectivity index is 1.57. The summed E-state index contributed by atoms with van der Waals surface area (Å²) in [5.74, 6) is 1.66. The molecule has 0 unspecified atom stereocenters. The summed E-state index contributed by atoms with van der Waals surface area (Å²) in [5, 5.41) is 0. The van der Waals surface area contributed by atoms with Crippen molar-refractivity contribution in [1.29, 1.82) is 0 Å². The number of benzene rings is 2. The second-order valence-electron chi connectivity index (χ2n) is 9.74. The minimum Gasteiger partial charge on any atom is -0.491 e. The van der Waals surface area contributed by atoms with Crippen molar-refractivity contribution in [3.63, 3.8) is 0 Å². The fraction of sp³-hybridized carbons (Fsp3) is 0.536. The monoisotopic (exact) mass is 450 g/mol. The van der Waals surface area contributed by atoms with E-state index < -0.39 is 0 Å². The van der Waals surface area contributed by atoms with E-state index in [2.05, 4.69) is 43.0 Å². The fourth-order valence-electron chi connectivity index (χ4n) is 4.63. The summed E-state index contributed by atoms with van der Waals surface area (Å²) < 4.78 is 12.0. The van der Waals surface area contributed by atoms with Gasteiger partial charge in [0.1, 0.15) is 12.4 Å². The molecule has 0 atom stereocenters. The summed E-state index contributed by atoms with van der Waals surface area (Å²) in [4.78, 5) is 17.4. The van der Waals surface area contributed by atoms with Gasteiger partial charge in [-0.25, -0.2) is 0 Å². The van der Waals surface area contributed by atoms with Crippen LogP contribution >= 0.6 is 0 Å². The zero-order chi connectivity index (χ0) is 23.0. The minimum absolute atomic E-state index is 0.132. The van der Waals surface area contributed by atoms with E-state index in [9.17, 15) is 4.79 Å². The maximum Gasteiger partial charge on any atom is 0.253 e. The number of rotatable bonds is 4. The second-order valence-corrected chi connectivity index (χ2v) is 9.74. The predicted octanol–water partition coefficient (Wildman–Crippen LogP) is 4.77. The lowest BCUT2D eigenvalue weighted by atomic mass is 9.99. The standard InChI is InChI=1S/C28H38N2O3/c1-22(2)10-13-29-14-15-32-16-17-33-27-9-8-25(28(31)30-11-3-4-12-30)20-26(27)19-23-6-5-7-24(18-23)21-29/h5-9,18,20,22H,3-4,10-17,19,21H2,1-2H3. The minimum atomic E-state index is 0.132. The van der Waals surface area contributed by atoms with Crippen LogP contribution in [0.1, 0.15) is 60.2 Å². The lowest BCUT2D eigenvalue weighted by molar-refractivity contribution is 0.0762. The normalized spacial score (nSPS) is 18.0. The van der Waals surface area contributed by atoms with Crippen LogP contribution in [-0.4, -0.2) is 61.7 Å². The third-order valence-corrected chi connectivity index (χ3v) is 6.55. The zero-order valence-electron chi connectivity index (χ0n) is 20.2. The van der Waals surface area contributed by atoms with Gasteiger partial charge in [0.05, 0.1) is 13.2 Å². The predicted molar refractivity (Wildman–Crippen MR) is 132 cm³/mol. The van der Waals surface area contributed by atoms with E-state index in [4.69, 9.17) is 9.47 Å². The van der Waals surface area contributed by atoms with Gasteiger partial charge >= 0.3 is 0 Å². The van der Waals surface area contributed by atoms with E-state index in [1.165, 1.54) is 17.5 Å². The second kappa shape index (κ2) is 11.7. The van der Waals surface area contributed by atoms with Gasteiger partial charge in [-0.15, -0.1) is 0 Å². The van der Waals surface area contributed by atoms with Crippen LogP contribution < -0.4 is 4.74 Å². The highest BCUT2D eigenvalue weighted by molar-refractivity contribution is 5.94. The number of hydrogen-bond acceptors (Lipinski definition) is 4. The molecule has 0 spiro atoms. The molecular formula is C28H38N2O3. The molecule has 2 aliphatic rings. The van der Waals surface area contributed by atoms with E-state index in [0.29, 0.717) is 25.7 Å². The number of fused-ring (bicyclic) bond motifs is 3. The van der Waals surface area contributed by atoms with E-state index in [-0.39, 0.29) is 5.91 Å². The molecule has 2 aliphatic heterocycles. The highest BCUT2D eigenvalue weighted by atomic mass is 16.5. The van der Waals surface area contributed by atoms with Crippen LogP contribution in [0.15, 0.2) is 42.5 Å². The Morgan fingerprint density at radius 2 is 1.79 bits per heavy atom. The van der Waals surface area contributed by atoms with Gasteiger partial charge < -0.3 is 14.4 Å². The van der Waals surface area contributed by atoms with Crippen LogP contribution in [-0.2, 0) is 17.7 Å². The smallest absolute Gasteiger partial charge is 0.253 e. The lowest BCUT2D eigenvalue weighted by Crippen LogP contribution is -2.29. The summed E-state index contributed by atoms with van der Waals surface area (Å²) in [5.41, 5.74) is 4.39. The third kappa shape index (κ3) is 6.81. The van der Waals surface area contributed by atoms with Crippen molar-refractivity contribution in [2.75, 3.05) is 46.0 Å². The summed E-state index contributed by atoms with van der Waals surface area (Å²) in [6.07, 6.45) is 4.13. The maximum atomic E-state index is 13.0. The highest BCUT2D eigenvalue weighted by Crippen LogP contribution is 2.26. The van der Waals surface area contributed by atoms with Gasteiger partial charge in [0.2, 0.25) is 0 Å². The number of ether oxygens (including phenoxy) is 2. The average molecular weight is 451 g/mol. The van der Waals surface area contributed by atoms with Crippen LogP contribution in [0.3, 0.4) is 0 Å².